The highest BCUT2D eigenvalue weighted by Gasteiger charge is 2.06. The zero-order valence-corrected chi connectivity index (χ0v) is 11.6. The minimum atomic E-state index is 0.548. The van der Waals surface area contributed by atoms with Crippen molar-refractivity contribution in [2.24, 2.45) is 0 Å². The Morgan fingerprint density at radius 2 is 2.05 bits per heavy atom. The molecule has 0 aliphatic rings. The van der Waals surface area contributed by atoms with E-state index in [4.69, 9.17) is 15.7 Å². The van der Waals surface area contributed by atoms with Crippen LogP contribution in [-0.2, 0) is 6.54 Å². The first-order valence-electron chi connectivity index (χ1n) is 6.31. The zero-order chi connectivity index (χ0) is 14.5. The average Bonchev–Trinajstić information content (AvgIpc) is 2.46. The van der Waals surface area contributed by atoms with Crippen molar-refractivity contribution in [1.29, 1.82) is 5.26 Å². The van der Waals surface area contributed by atoms with Crippen molar-refractivity contribution in [2.75, 3.05) is 18.2 Å². The minimum Gasteiger partial charge on any atom is -0.496 e. The molecular formula is C16H17N3O. The number of anilines is 2. The Balaban J connectivity index is 2.21. The van der Waals surface area contributed by atoms with Gasteiger partial charge in [0.25, 0.3) is 0 Å². The highest BCUT2D eigenvalue weighted by molar-refractivity contribution is 5.59. The standard InChI is InChI=1S/C16H17N3O/c1-11-3-5-15(12(7-11)9-17)19-10-13-8-14(18)4-6-16(13)20-2/h3-8,19H,10,18H2,1-2H3. The fourth-order valence-electron chi connectivity index (χ4n) is 2.03. The number of hydrogen-bond acceptors (Lipinski definition) is 4. The Morgan fingerprint density at radius 1 is 1.25 bits per heavy atom. The fourth-order valence-corrected chi connectivity index (χ4v) is 2.03. The molecule has 20 heavy (non-hydrogen) atoms. The van der Waals surface area contributed by atoms with Gasteiger partial charge < -0.3 is 15.8 Å². The third-order valence-electron chi connectivity index (χ3n) is 3.07. The van der Waals surface area contributed by atoms with Gasteiger partial charge in [0.05, 0.1) is 18.4 Å². The Labute approximate surface area is 118 Å². The lowest BCUT2D eigenvalue weighted by Gasteiger charge is -2.12. The molecule has 102 valence electrons. The van der Waals surface area contributed by atoms with Crippen LogP contribution in [0.3, 0.4) is 0 Å². The van der Waals surface area contributed by atoms with Crippen LogP contribution in [-0.4, -0.2) is 7.11 Å². The molecule has 0 spiro atoms. The van der Waals surface area contributed by atoms with Crippen LogP contribution in [0.4, 0.5) is 11.4 Å². The van der Waals surface area contributed by atoms with Gasteiger partial charge in [0.1, 0.15) is 11.8 Å². The molecule has 0 bridgehead atoms. The van der Waals surface area contributed by atoms with Gasteiger partial charge in [-0.25, -0.2) is 0 Å². The molecular weight excluding hydrogens is 250 g/mol. The van der Waals surface area contributed by atoms with E-state index in [-0.39, 0.29) is 0 Å². The van der Waals surface area contributed by atoms with E-state index in [0.717, 1.165) is 22.6 Å². The van der Waals surface area contributed by atoms with Crippen LogP contribution in [0.25, 0.3) is 0 Å². The number of nitrogens with two attached hydrogens (primary N) is 1. The zero-order valence-electron chi connectivity index (χ0n) is 11.6. The predicted octanol–water partition coefficient (Wildman–Crippen LogP) is 3.07. The number of nitrogens with zero attached hydrogens (tertiary/aromatic N) is 1. The first-order valence-corrected chi connectivity index (χ1v) is 6.31. The van der Waals surface area contributed by atoms with E-state index in [2.05, 4.69) is 11.4 Å². The van der Waals surface area contributed by atoms with E-state index in [9.17, 15) is 0 Å². The summed E-state index contributed by atoms with van der Waals surface area (Å²) in [4.78, 5) is 0. The highest BCUT2D eigenvalue weighted by atomic mass is 16.5. The lowest BCUT2D eigenvalue weighted by molar-refractivity contribution is 0.410. The molecule has 0 aromatic heterocycles. The molecule has 0 amide bonds. The Morgan fingerprint density at radius 3 is 2.75 bits per heavy atom. The van der Waals surface area contributed by atoms with Gasteiger partial charge in [-0.1, -0.05) is 6.07 Å². The second-order valence-electron chi connectivity index (χ2n) is 4.59. The summed E-state index contributed by atoms with van der Waals surface area (Å²) in [6, 6.07) is 13.4. The third kappa shape index (κ3) is 3.01. The second kappa shape index (κ2) is 5.98. The van der Waals surface area contributed by atoms with E-state index in [1.165, 1.54) is 0 Å². The maximum absolute atomic E-state index is 9.15. The largest absolute Gasteiger partial charge is 0.496 e. The number of ether oxygens (including phenoxy) is 1. The van der Waals surface area contributed by atoms with Crippen molar-refractivity contribution in [1.82, 2.24) is 0 Å². The predicted molar refractivity (Wildman–Crippen MR) is 80.6 cm³/mol. The van der Waals surface area contributed by atoms with Crippen molar-refractivity contribution in [3.05, 3.63) is 53.1 Å². The van der Waals surface area contributed by atoms with Crippen LogP contribution >= 0.6 is 0 Å². The lowest BCUT2D eigenvalue weighted by atomic mass is 10.1. The van der Waals surface area contributed by atoms with Crippen LogP contribution in [0, 0.1) is 18.3 Å². The van der Waals surface area contributed by atoms with Crippen molar-refractivity contribution in [3.63, 3.8) is 0 Å². The average molecular weight is 267 g/mol. The van der Waals surface area contributed by atoms with Gasteiger partial charge in [-0.2, -0.15) is 5.26 Å². The molecule has 4 heteroatoms. The first-order chi connectivity index (χ1) is 9.63. The van der Waals surface area contributed by atoms with E-state index in [0.29, 0.717) is 17.8 Å². The van der Waals surface area contributed by atoms with Gasteiger partial charge in [-0.3, -0.25) is 0 Å². The molecule has 2 rings (SSSR count). The molecule has 4 nitrogen and oxygen atoms in total. The van der Waals surface area contributed by atoms with Crippen molar-refractivity contribution < 1.29 is 4.74 Å². The summed E-state index contributed by atoms with van der Waals surface area (Å²) in [5.74, 6) is 0.775. The molecule has 0 saturated carbocycles. The monoisotopic (exact) mass is 267 g/mol. The molecule has 2 aromatic rings. The van der Waals surface area contributed by atoms with Crippen molar-refractivity contribution in [3.8, 4) is 11.8 Å². The molecule has 0 aliphatic heterocycles. The molecule has 0 radical (unpaired) electrons. The summed E-state index contributed by atoms with van der Waals surface area (Å²) >= 11 is 0. The summed E-state index contributed by atoms with van der Waals surface area (Å²) in [6.07, 6.45) is 0. The van der Waals surface area contributed by atoms with Crippen LogP contribution in [0.2, 0.25) is 0 Å². The van der Waals surface area contributed by atoms with Crippen molar-refractivity contribution >= 4 is 11.4 Å². The molecule has 0 aliphatic carbocycles. The molecule has 0 fully saturated rings. The maximum Gasteiger partial charge on any atom is 0.123 e. The normalized spacial score (nSPS) is 9.85. The van der Waals surface area contributed by atoms with Gasteiger partial charge in [-0.05, 0) is 42.8 Å². The summed E-state index contributed by atoms with van der Waals surface area (Å²) in [5, 5.41) is 12.4. The lowest BCUT2D eigenvalue weighted by Crippen LogP contribution is -2.04. The van der Waals surface area contributed by atoms with Gasteiger partial charge in [0.2, 0.25) is 0 Å². The first kappa shape index (κ1) is 13.8. The molecule has 0 atom stereocenters. The van der Waals surface area contributed by atoms with E-state index in [1.807, 2.05) is 37.3 Å². The van der Waals surface area contributed by atoms with Gasteiger partial charge in [-0.15, -0.1) is 0 Å². The number of nitrogen functional groups attached to an aromatic ring is 1. The number of hydrogen-bond donors (Lipinski definition) is 2. The molecule has 2 aromatic carbocycles. The van der Waals surface area contributed by atoms with E-state index >= 15 is 0 Å². The van der Waals surface area contributed by atoms with E-state index in [1.54, 1.807) is 13.2 Å². The van der Waals surface area contributed by atoms with Crippen LogP contribution < -0.4 is 15.8 Å². The quantitative estimate of drug-likeness (QED) is 0.835. The molecule has 0 unspecified atom stereocenters. The van der Waals surface area contributed by atoms with Gasteiger partial charge in [0.15, 0.2) is 0 Å². The fraction of sp³-hybridized carbons (Fsp3) is 0.188. The van der Waals surface area contributed by atoms with Gasteiger partial charge in [0, 0.05) is 17.8 Å². The van der Waals surface area contributed by atoms with Crippen LogP contribution in [0.15, 0.2) is 36.4 Å². The highest BCUT2D eigenvalue weighted by Crippen LogP contribution is 2.23. The Kier molecular flexibility index (Phi) is 4.11. The number of aryl methyl sites for hydroxylation is 1. The van der Waals surface area contributed by atoms with Gasteiger partial charge >= 0.3 is 0 Å². The van der Waals surface area contributed by atoms with Crippen molar-refractivity contribution in [2.45, 2.75) is 13.5 Å². The number of rotatable bonds is 4. The summed E-state index contributed by atoms with van der Waals surface area (Å²) in [5.41, 5.74) is 9.94. The second-order valence-corrected chi connectivity index (χ2v) is 4.59. The van der Waals surface area contributed by atoms with Crippen LogP contribution in [0.5, 0.6) is 5.75 Å². The van der Waals surface area contributed by atoms with Crippen LogP contribution in [0.1, 0.15) is 16.7 Å². The molecule has 0 heterocycles. The molecule has 3 N–H and O–H groups in total. The number of methoxy groups -OCH3 is 1. The Hall–Kier alpha value is -2.67. The Bertz CT molecular complexity index is 659. The third-order valence-corrected chi connectivity index (χ3v) is 3.07. The van der Waals surface area contributed by atoms with E-state index < -0.39 is 0 Å². The smallest absolute Gasteiger partial charge is 0.123 e. The molecule has 0 saturated heterocycles. The topological polar surface area (TPSA) is 71.1 Å². The summed E-state index contributed by atoms with van der Waals surface area (Å²) in [7, 11) is 1.63. The summed E-state index contributed by atoms with van der Waals surface area (Å²) < 4.78 is 5.30. The number of nitriles is 1. The number of benzene rings is 2. The summed E-state index contributed by atoms with van der Waals surface area (Å²) in [6.45, 7) is 2.51. The number of nitrogens with one attached hydrogen (secondary N) is 1. The minimum absolute atomic E-state index is 0.548. The maximum atomic E-state index is 9.15. The SMILES string of the molecule is COc1ccc(N)cc1CNc1ccc(C)cc1C#N.